The van der Waals surface area contributed by atoms with Crippen LogP contribution >= 0.6 is 11.3 Å². The summed E-state index contributed by atoms with van der Waals surface area (Å²) in [6.45, 7) is 4.02. The van der Waals surface area contributed by atoms with E-state index in [-0.39, 0.29) is 0 Å². The van der Waals surface area contributed by atoms with Crippen LogP contribution in [0.2, 0.25) is 0 Å². The van der Waals surface area contributed by atoms with E-state index >= 15 is 0 Å². The highest BCUT2D eigenvalue weighted by Crippen LogP contribution is 2.32. The Morgan fingerprint density at radius 1 is 1.29 bits per heavy atom. The normalized spacial score (nSPS) is 10.4. The molecule has 0 bridgehead atoms. The van der Waals surface area contributed by atoms with Crippen molar-refractivity contribution in [1.82, 2.24) is 9.97 Å². The van der Waals surface area contributed by atoms with E-state index in [9.17, 15) is 0 Å². The zero-order valence-electron chi connectivity index (χ0n) is 8.11. The van der Waals surface area contributed by atoms with Gasteiger partial charge >= 0.3 is 0 Å². The number of nitrogen functional groups attached to an aromatic ring is 1. The molecule has 0 aliphatic heterocycles. The molecular weight excluding hydrogens is 194 g/mol. The van der Waals surface area contributed by atoms with Crippen molar-refractivity contribution in [2.75, 3.05) is 5.73 Å². The summed E-state index contributed by atoms with van der Waals surface area (Å²) in [6.07, 6.45) is 1.73. The number of pyridine rings is 1. The molecule has 4 heteroatoms. The maximum absolute atomic E-state index is 5.85. The lowest BCUT2D eigenvalue weighted by Crippen LogP contribution is -1.95. The molecule has 14 heavy (non-hydrogen) atoms. The quantitative estimate of drug-likeness (QED) is 0.777. The standard InChI is InChI=1S/C10H11N3S/c1-6-3-4-12-10(11)8(6)9-7(2)13-5-14-9/h3-5H,1-2H3,(H2,11,12). The van der Waals surface area contributed by atoms with Gasteiger partial charge in [-0.25, -0.2) is 9.97 Å². The molecule has 0 radical (unpaired) electrons. The summed E-state index contributed by atoms with van der Waals surface area (Å²) in [5.41, 5.74) is 10.9. The Morgan fingerprint density at radius 2 is 2.07 bits per heavy atom. The van der Waals surface area contributed by atoms with Gasteiger partial charge in [0.25, 0.3) is 0 Å². The predicted octanol–water partition coefficient (Wildman–Crippen LogP) is 2.40. The first-order chi connectivity index (χ1) is 6.70. The SMILES string of the molecule is Cc1ccnc(N)c1-c1scnc1C. The van der Waals surface area contributed by atoms with Crippen LogP contribution in [0.15, 0.2) is 17.8 Å². The lowest BCUT2D eigenvalue weighted by atomic mass is 10.1. The fraction of sp³-hybridized carbons (Fsp3) is 0.200. The van der Waals surface area contributed by atoms with Crippen molar-refractivity contribution in [3.05, 3.63) is 29.0 Å². The number of anilines is 1. The highest BCUT2D eigenvalue weighted by molar-refractivity contribution is 7.13. The summed E-state index contributed by atoms with van der Waals surface area (Å²) in [6, 6.07) is 1.96. The van der Waals surface area contributed by atoms with Crippen LogP contribution in [-0.4, -0.2) is 9.97 Å². The first-order valence-electron chi connectivity index (χ1n) is 4.31. The van der Waals surface area contributed by atoms with Gasteiger partial charge < -0.3 is 5.73 Å². The number of hydrogen-bond acceptors (Lipinski definition) is 4. The number of hydrogen-bond donors (Lipinski definition) is 1. The Hall–Kier alpha value is -1.42. The van der Waals surface area contributed by atoms with Gasteiger partial charge in [-0.15, -0.1) is 11.3 Å². The molecule has 0 aromatic carbocycles. The molecule has 0 fully saturated rings. The van der Waals surface area contributed by atoms with Crippen molar-refractivity contribution in [1.29, 1.82) is 0 Å². The van der Waals surface area contributed by atoms with Gasteiger partial charge in [0.2, 0.25) is 0 Å². The minimum Gasteiger partial charge on any atom is -0.383 e. The van der Waals surface area contributed by atoms with Gasteiger partial charge in [0, 0.05) is 11.8 Å². The molecule has 0 amide bonds. The first kappa shape index (κ1) is 9.15. The molecule has 0 atom stereocenters. The zero-order chi connectivity index (χ0) is 10.1. The lowest BCUT2D eigenvalue weighted by molar-refractivity contribution is 1.25. The minimum atomic E-state index is 0.581. The van der Waals surface area contributed by atoms with Crippen LogP contribution in [0.1, 0.15) is 11.3 Å². The molecule has 0 saturated carbocycles. The van der Waals surface area contributed by atoms with E-state index in [1.807, 2.05) is 25.4 Å². The monoisotopic (exact) mass is 205 g/mol. The van der Waals surface area contributed by atoms with E-state index < -0.39 is 0 Å². The van der Waals surface area contributed by atoms with E-state index in [0.29, 0.717) is 5.82 Å². The van der Waals surface area contributed by atoms with Gasteiger partial charge in [-0.05, 0) is 25.5 Å². The Labute approximate surface area is 86.6 Å². The summed E-state index contributed by atoms with van der Waals surface area (Å²) in [5, 5.41) is 0. The lowest BCUT2D eigenvalue weighted by Gasteiger charge is -2.06. The number of nitrogens with two attached hydrogens (primary N) is 1. The van der Waals surface area contributed by atoms with Crippen LogP contribution in [0.25, 0.3) is 10.4 Å². The number of aryl methyl sites for hydroxylation is 2. The van der Waals surface area contributed by atoms with Gasteiger partial charge in [-0.1, -0.05) is 0 Å². The molecular formula is C10H11N3S. The predicted molar refractivity (Wildman–Crippen MR) is 59.2 cm³/mol. The van der Waals surface area contributed by atoms with E-state index in [4.69, 9.17) is 5.73 Å². The van der Waals surface area contributed by atoms with Gasteiger partial charge in [-0.3, -0.25) is 0 Å². The number of rotatable bonds is 1. The largest absolute Gasteiger partial charge is 0.383 e. The molecule has 0 aliphatic rings. The Morgan fingerprint density at radius 3 is 2.64 bits per heavy atom. The van der Waals surface area contributed by atoms with Gasteiger partial charge in [0.1, 0.15) is 5.82 Å². The van der Waals surface area contributed by atoms with Gasteiger partial charge in [0.15, 0.2) is 0 Å². The average molecular weight is 205 g/mol. The Bertz CT molecular complexity index is 442. The number of thiazole rings is 1. The van der Waals surface area contributed by atoms with Crippen molar-refractivity contribution in [2.45, 2.75) is 13.8 Å². The van der Waals surface area contributed by atoms with Crippen LogP contribution in [0, 0.1) is 13.8 Å². The molecule has 2 aromatic rings. The molecule has 2 N–H and O–H groups in total. The highest BCUT2D eigenvalue weighted by atomic mass is 32.1. The zero-order valence-corrected chi connectivity index (χ0v) is 8.93. The smallest absolute Gasteiger partial charge is 0.132 e. The van der Waals surface area contributed by atoms with E-state index in [1.165, 1.54) is 0 Å². The summed E-state index contributed by atoms with van der Waals surface area (Å²) < 4.78 is 0. The van der Waals surface area contributed by atoms with E-state index in [1.54, 1.807) is 17.5 Å². The Kier molecular flexibility index (Phi) is 2.21. The molecule has 3 nitrogen and oxygen atoms in total. The second-order valence-corrected chi connectivity index (χ2v) is 4.01. The molecule has 2 rings (SSSR count). The number of nitrogens with zero attached hydrogens (tertiary/aromatic N) is 2. The van der Waals surface area contributed by atoms with E-state index in [2.05, 4.69) is 9.97 Å². The maximum atomic E-state index is 5.85. The van der Waals surface area contributed by atoms with Crippen molar-refractivity contribution < 1.29 is 0 Å². The third-order valence-corrected chi connectivity index (χ3v) is 3.11. The second kappa shape index (κ2) is 3.38. The van der Waals surface area contributed by atoms with Crippen molar-refractivity contribution >= 4 is 17.2 Å². The molecule has 2 aromatic heterocycles. The maximum Gasteiger partial charge on any atom is 0.132 e. The molecule has 2 heterocycles. The van der Waals surface area contributed by atoms with Crippen molar-refractivity contribution in [3.8, 4) is 10.4 Å². The average Bonchev–Trinajstić information content (AvgIpc) is 2.52. The fourth-order valence-electron chi connectivity index (χ4n) is 1.42. The molecule has 0 aliphatic carbocycles. The molecule has 0 unspecified atom stereocenters. The molecule has 0 spiro atoms. The summed E-state index contributed by atoms with van der Waals surface area (Å²) in [7, 11) is 0. The minimum absolute atomic E-state index is 0.581. The second-order valence-electron chi connectivity index (χ2n) is 3.15. The number of aromatic nitrogens is 2. The third kappa shape index (κ3) is 1.37. The first-order valence-corrected chi connectivity index (χ1v) is 5.19. The van der Waals surface area contributed by atoms with Crippen molar-refractivity contribution in [3.63, 3.8) is 0 Å². The molecule has 0 saturated heterocycles. The van der Waals surface area contributed by atoms with Crippen LogP contribution in [-0.2, 0) is 0 Å². The van der Waals surface area contributed by atoms with Crippen LogP contribution in [0.5, 0.6) is 0 Å². The summed E-state index contributed by atoms with van der Waals surface area (Å²) >= 11 is 1.60. The van der Waals surface area contributed by atoms with E-state index in [0.717, 1.165) is 21.7 Å². The van der Waals surface area contributed by atoms with Gasteiger partial charge in [-0.2, -0.15) is 0 Å². The van der Waals surface area contributed by atoms with Crippen LogP contribution < -0.4 is 5.73 Å². The Balaban J connectivity index is 2.68. The van der Waals surface area contributed by atoms with Crippen molar-refractivity contribution in [2.24, 2.45) is 0 Å². The van der Waals surface area contributed by atoms with Crippen LogP contribution in [0.4, 0.5) is 5.82 Å². The van der Waals surface area contributed by atoms with Gasteiger partial charge in [0.05, 0.1) is 16.1 Å². The third-order valence-electron chi connectivity index (χ3n) is 2.16. The highest BCUT2D eigenvalue weighted by Gasteiger charge is 2.11. The summed E-state index contributed by atoms with van der Waals surface area (Å²) in [5.74, 6) is 0.581. The summed E-state index contributed by atoms with van der Waals surface area (Å²) in [4.78, 5) is 9.42. The fourth-order valence-corrected chi connectivity index (χ4v) is 2.34. The molecule has 72 valence electrons. The topological polar surface area (TPSA) is 51.8 Å². The van der Waals surface area contributed by atoms with Crippen LogP contribution in [0.3, 0.4) is 0 Å².